The second-order valence-electron chi connectivity index (χ2n) is 5.85. The predicted octanol–water partition coefficient (Wildman–Crippen LogP) is 2.79. The summed E-state index contributed by atoms with van der Waals surface area (Å²) in [7, 11) is 0. The quantitative estimate of drug-likeness (QED) is 0.592. The number of rotatable bonds is 8. The molecular weight excluding hydrogens is 278 g/mol. The van der Waals surface area contributed by atoms with Crippen LogP contribution in [0.2, 0.25) is 0 Å². The van der Waals surface area contributed by atoms with Crippen LogP contribution in [0.25, 0.3) is 0 Å². The standard InChI is InChI=1S/C18H27NO3/c1-3-21-17-10-13(7-5-6-8-18(20)22-4-2)9-14-11-15(19)12-16(14)17/h9-10,15H,3-8,11-12,19H2,1-2H3. The van der Waals surface area contributed by atoms with Crippen LogP contribution in [0.15, 0.2) is 12.1 Å². The molecule has 1 aliphatic carbocycles. The number of aryl methyl sites for hydroxylation is 1. The molecule has 0 fully saturated rings. The highest BCUT2D eigenvalue weighted by Gasteiger charge is 2.22. The van der Waals surface area contributed by atoms with Crippen LogP contribution in [-0.2, 0) is 28.8 Å². The molecule has 0 spiro atoms. The fourth-order valence-corrected chi connectivity index (χ4v) is 3.06. The zero-order valence-electron chi connectivity index (χ0n) is 13.7. The van der Waals surface area contributed by atoms with Gasteiger partial charge in [0, 0.05) is 12.5 Å². The zero-order valence-corrected chi connectivity index (χ0v) is 13.7. The summed E-state index contributed by atoms with van der Waals surface area (Å²) in [4.78, 5) is 11.3. The van der Waals surface area contributed by atoms with Gasteiger partial charge in [0.1, 0.15) is 5.75 Å². The van der Waals surface area contributed by atoms with Crippen molar-refractivity contribution >= 4 is 5.97 Å². The molecular formula is C18H27NO3. The lowest BCUT2D eigenvalue weighted by molar-refractivity contribution is -0.143. The maximum absolute atomic E-state index is 11.3. The Bertz CT molecular complexity index is 513. The van der Waals surface area contributed by atoms with E-state index in [1.807, 2.05) is 13.8 Å². The van der Waals surface area contributed by atoms with Crippen LogP contribution < -0.4 is 10.5 Å². The number of esters is 1. The summed E-state index contributed by atoms with van der Waals surface area (Å²) in [6, 6.07) is 4.62. The van der Waals surface area contributed by atoms with E-state index < -0.39 is 0 Å². The minimum Gasteiger partial charge on any atom is -0.494 e. The van der Waals surface area contributed by atoms with Crippen molar-refractivity contribution in [1.29, 1.82) is 0 Å². The van der Waals surface area contributed by atoms with Gasteiger partial charge in [-0.1, -0.05) is 6.07 Å². The highest BCUT2D eigenvalue weighted by Crippen LogP contribution is 2.32. The van der Waals surface area contributed by atoms with E-state index in [4.69, 9.17) is 15.2 Å². The summed E-state index contributed by atoms with van der Waals surface area (Å²) >= 11 is 0. The Morgan fingerprint density at radius 2 is 2.05 bits per heavy atom. The summed E-state index contributed by atoms with van der Waals surface area (Å²) in [5.41, 5.74) is 9.97. The number of carbonyl (C=O) groups is 1. The lowest BCUT2D eigenvalue weighted by Gasteiger charge is -2.12. The van der Waals surface area contributed by atoms with E-state index in [1.165, 1.54) is 16.7 Å². The first kappa shape index (κ1) is 16.8. The smallest absolute Gasteiger partial charge is 0.305 e. The molecule has 4 nitrogen and oxygen atoms in total. The first-order valence-electron chi connectivity index (χ1n) is 8.32. The molecule has 0 aliphatic heterocycles. The largest absolute Gasteiger partial charge is 0.494 e. The van der Waals surface area contributed by atoms with Crippen molar-refractivity contribution in [2.75, 3.05) is 13.2 Å². The number of hydrogen-bond acceptors (Lipinski definition) is 4. The van der Waals surface area contributed by atoms with Gasteiger partial charge in [-0.3, -0.25) is 4.79 Å². The Balaban J connectivity index is 1.93. The Labute approximate surface area is 133 Å². The molecule has 0 heterocycles. The van der Waals surface area contributed by atoms with Crippen LogP contribution in [0.4, 0.5) is 0 Å². The van der Waals surface area contributed by atoms with E-state index in [0.29, 0.717) is 19.6 Å². The molecule has 0 radical (unpaired) electrons. The second-order valence-corrected chi connectivity index (χ2v) is 5.85. The average Bonchev–Trinajstić information content (AvgIpc) is 2.85. The molecule has 1 atom stereocenters. The number of fused-ring (bicyclic) bond motifs is 1. The van der Waals surface area contributed by atoms with Crippen molar-refractivity contribution in [3.63, 3.8) is 0 Å². The maximum atomic E-state index is 11.3. The number of ether oxygens (including phenoxy) is 2. The Morgan fingerprint density at radius 1 is 1.23 bits per heavy atom. The van der Waals surface area contributed by atoms with Gasteiger partial charge in [0.2, 0.25) is 0 Å². The lowest BCUT2D eigenvalue weighted by atomic mass is 10.0. The first-order valence-corrected chi connectivity index (χ1v) is 8.32. The molecule has 122 valence electrons. The molecule has 0 bridgehead atoms. The summed E-state index contributed by atoms with van der Waals surface area (Å²) in [5.74, 6) is 0.894. The fourth-order valence-electron chi connectivity index (χ4n) is 3.06. The van der Waals surface area contributed by atoms with E-state index in [-0.39, 0.29) is 12.0 Å². The number of hydrogen-bond donors (Lipinski definition) is 1. The third-order valence-corrected chi connectivity index (χ3v) is 4.01. The number of nitrogens with two attached hydrogens (primary N) is 1. The highest BCUT2D eigenvalue weighted by atomic mass is 16.5. The molecule has 1 aromatic carbocycles. The Morgan fingerprint density at radius 3 is 2.77 bits per heavy atom. The van der Waals surface area contributed by atoms with Crippen molar-refractivity contribution < 1.29 is 14.3 Å². The van der Waals surface area contributed by atoms with Gasteiger partial charge < -0.3 is 15.2 Å². The third kappa shape index (κ3) is 4.47. The van der Waals surface area contributed by atoms with Crippen LogP contribution in [0.1, 0.15) is 49.8 Å². The predicted molar refractivity (Wildman–Crippen MR) is 87.2 cm³/mol. The molecule has 1 unspecified atom stereocenters. The summed E-state index contributed by atoms with van der Waals surface area (Å²) < 4.78 is 10.7. The van der Waals surface area contributed by atoms with Crippen molar-refractivity contribution in [2.24, 2.45) is 5.73 Å². The third-order valence-electron chi connectivity index (χ3n) is 4.01. The van der Waals surface area contributed by atoms with Gasteiger partial charge in [-0.05, 0) is 68.7 Å². The minimum absolute atomic E-state index is 0.0996. The van der Waals surface area contributed by atoms with Gasteiger partial charge in [-0.15, -0.1) is 0 Å². The zero-order chi connectivity index (χ0) is 15.9. The molecule has 4 heteroatoms. The van der Waals surface area contributed by atoms with Crippen LogP contribution >= 0.6 is 0 Å². The van der Waals surface area contributed by atoms with Crippen LogP contribution in [0.3, 0.4) is 0 Å². The average molecular weight is 305 g/mol. The molecule has 1 aliphatic rings. The molecule has 22 heavy (non-hydrogen) atoms. The number of benzene rings is 1. The monoisotopic (exact) mass is 305 g/mol. The molecule has 0 amide bonds. The molecule has 0 aromatic heterocycles. The summed E-state index contributed by atoms with van der Waals surface area (Å²) in [5, 5.41) is 0. The van der Waals surface area contributed by atoms with E-state index in [0.717, 1.165) is 37.9 Å². The van der Waals surface area contributed by atoms with Crippen molar-refractivity contribution in [2.45, 2.75) is 58.4 Å². The van der Waals surface area contributed by atoms with Crippen molar-refractivity contribution in [3.8, 4) is 5.75 Å². The molecule has 2 N–H and O–H groups in total. The Hall–Kier alpha value is -1.55. The maximum Gasteiger partial charge on any atom is 0.305 e. The highest BCUT2D eigenvalue weighted by molar-refractivity contribution is 5.69. The summed E-state index contributed by atoms with van der Waals surface area (Å²) in [6.07, 6.45) is 5.15. The number of carbonyl (C=O) groups excluding carboxylic acids is 1. The fraction of sp³-hybridized carbons (Fsp3) is 0.611. The van der Waals surface area contributed by atoms with Gasteiger partial charge >= 0.3 is 5.97 Å². The SMILES string of the molecule is CCOC(=O)CCCCc1cc2c(c(OCC)c1)CC(N)C2. The van der Waals surface area contributed by atoms with Gasteiger partial charge in [0.25, 0.3) is 0 Å². The second kappa shape index (κ2) is 8.18. The molecule has 1 aromatic rings. The van der Waals surface area contributed by atoms with Gasteiger partial charge in [0.15, 0.2) is 0 Å². The molecule has 0 saturated carbocycles. The van der Waals surface area contributed by atoms with Gasteiger partial charge in [-0.25, -0.2) is 0 Å². The van der Waals surface area contributed by atoms with E-state index in [1.54, 1.807) is 0 Å². The Kier molecular flexibility index (Phi) is 6.25. The van der Waals surface area contributed by atoms with E-state index >= 15 is 0 Å². The van der Waals surface area contributed by atoms with Crippen molar-refractivity contribution in [3.05, 3.63) is 28.8 Å². The first-order chi connectivity index (χ1) is 10.6. The number of unbranched alkanes of at least 4 members (excludes halogenated alkanes) is 1. The molecule has 2 rings (SSSR count). The van der Waals surface area contributed by atoms with Crippen LogP contribution in [0, 0.1) is 0 Å². The van der Waals surface area contributed by atoms with Crippen LogP contribution in [-0.4, -0.2) is 25.2 Å². The van der Waals surface area contributed by atoms with Crippen LogP contribution in [0.5, 0.6) is 5.75 Å². The normalized spacial score (nSPS) is 16.4. The van der Waals surface area contributed by atoms with E-state index in [9.17, 15) is 4.79 Å². The van der Waals surface area contributed by atoms with Gasteiger partial charge in [-0.2, -0.15) is 0 Å². The van der Waals surface area contributed by atoms with E-state index in [2.05, 4.69) is 12.1 Å². The lowest BCUT2D eigenvalue weighted by Crippen LogP contribution is -2.19. The topological polar surface area (TPSA) is 61.5 Å². The molecule has 0 saturated heterocycles. The minimum atomic E-state index is -0.0996. The van der Waals surface area contributed by atoms with Gasteiger partial charge in [0.05, 0.1) is 13.2 Å². The van der Waals surface area contributed by atoms with Crippen molar-refractivity contribution in [1.82, 2.24) is 0 Å². The summed E-state index contributed by atoms with van der Waals surface area (Å²) in [6.45, 7) is 4.98.